The van der Waals surface area contributed by atoms with Gasteiger partial charge in [0.05, 0.1) is 19.8 Å². The van der Waals surface area contributed by atoms with Crippen molar-refractivity contribution in [3.63, 3.8) is 0 Å². The van der Waals surface area contributed by atoms with Crippen LogP contribution in [0, 0.1) is 5.92 Å². The van der Waals surface area contributed by atoms with Gasteiger partial charge in [0.1, 0.15) is 6.04 Å². The number of benzene rings is 1. The van der Waals surface area contributed by atoms with Gasteiger partial charge in [-0.15, -0.1) is 0 Å². The quantitative estimate of drug-likeness (QED) is 0.580. The van der Waals surface area contributed by atoms with E-state index in [4.69, 9.17) is 9.47 Å². The molecule has 0 saturated heterocycles. The van der Waals surface area contributed by atoms with Crippen LogP contribution in [0.25, 0.3) is 0 Å². The maximum Gasteiger partial charge on any atom is 0.289 e. The summed E-state index contributed by atoms with van der Waals surface area (Å²) in [5.74, 6) is -1.82. The minimum atomic E-state index is -0.888. The van der Waals surface area contributed by atoms with E-state index >= 15 is 0 Å². The average molecular weight is 405 g/mol. The molecule has 1 heterocycles. The fourth-order valence-electron chi connectivity index (χ4n) is 3.24. The first-order valence-corrected chi connectivity index (χ1v) is 10.4. The molecule has 0 fully saturated rings. The summed E-state index contributed by atoms with van der Waals surface area (Å²) in [6.45, 7) is 6.08. The Bertz CT molecular complexity index is 692. The van der Waals surface area contributed by atoms with Crippen molar-refractivity contribution in [2.24, 2.45) is 5.92 Å². The molecule has 1 aliphatic rings. The van der Waals surface area contributed by atoms with Crippen molar-refractivity contribution in [2.45, 2.75) is 52.2 Å². The van der Waals surface area contributed by atoms with Crippen LogP contribution >= 0.6 is 0 Å². The second-order valence-electron chi connectivity index (χ2n) is 7.37. The molecule has 0 unspecified atom stereocenters. The molecule has 1 aromatic carbocycles. The van der Waals surface area contributed by atoms with Gasteiger partial charge < -0.3 is 20.1 Å². The molecule has 0 aliphatic carbocycles. The standard InChI is InChI=1S/C22H32N2O5/c1-3-4-11-23-22(27)20(25)19-16(2)8-7-12-28-13-14-29-15-17-9-5-6-10-18(17)21(26)24-19/h5-6,9-10,16,19H,3-4,7-8,11-15H2,1-2H3,(H,23,27)(H,24,26)/t16-,19-/m0/s1. The summed E-state index contributed by atoms with van der Waals surface area (Å²) < 4.78 is 11.2. The van der Waals surface area contributed by atoms with E-state index in [2.05, 4.69) is 10.6 Å². The molecular weight excluding hydrogens is 372 g/mol. The van der Waals surface area contributed by atoms with Gasteiger partial charge in [0.15, 0.2) is 0 Å². The lowest BCUT2D eigenvalue weighted by molar-refractivity contribution is -0.139. The SMILES string of the molecule is CCCCNC(=O)C(=O)[C@H]1NC(=O)c2ccccc2COCCOCCC[C@@H]1C. The summed E-state index contributed by atoms with van der Waals surface area (Å²) in [6.07, 6.45) is 3.11. The van der Waals surface area contributed by atoms with Crippen molar-refractivity contribution in [3.05, 3.63) is 35.4 Å². The van der Waals surface area contributed by atoms with Crippen molar-refractivity contribution >= 4 is 17.6 Å². The van der Waals surface area contributed by atoms with E-state index in [0.717, 1.165) is 24.8 Å². The number of amides is 2. The number of ketones is 1. The number of ether oxygens (including phenoxy) is 2. The van der Waals surface area contributed by atoms with Gasteiger partial charge in [-0.2, -0.15) is 0 Å². The first kappa shape index (κ1) is 23.0. The lowest BCUT2D eigenvalue weighted by atomic mass is 9.92. The highest BCUT2D eigenvalue weighted by Crippen LogP contribution is 2.16. The molecule has 2 rings (SSSR count). The maximum atomic E-state index is 12.9. The van der Waals surface area contributed by atoms with Crippen LogP contribution in [0.4, 0.5) is 0 Å². The zero-order chi connectivity index (χ0) is 21.1. The Morgan fingerprint density at radius 2 is 1.93 bits per heavy atom. The Kier molecular flexibility index (Phi) is 9.80. The van der Waals surface area contributed by atoms with Crippen LogP contribution in [0.1, 0.15) is 55.5 Å². The number of fused-ring (bicyclic) bond motifs is 1. The van der Waals surface area contributed by atoms with Crippen LogP contribution in [0.3, 0.4) is 0 Å². The minimum absolute atomic E-state index is 0.196. The predicted octanol–water partition coefficient (Wildman–Crippen LogP) is 2.23. The molecule has 0 aromatic heterocycles. The van der Waals surface area contributed by atoms with Crippen molar-refractivity contribution < 1.29 is 23.9 Å². The van der Waals surface area contributed by atoms with Gasteiger partial charge in [-0.05, 0) is 36.8 Å². The Morgan fingerprint density at radius 1 is 1.17 bits per heavy atom. The van der Waals surface area contributed by atoms with Gasteiger partial charge >= 0.3 is 0 Å². The van der Waals surface area contributed by atoms with Gasteiger partial charge in [0, 0.05) is 18.7 Å². The van der Waals surface area contributed by atoms with Gasteiger partial charge in [0.2, 0.25) is 5.78 Å². The monoisotopic (exact) mass is 404 g/mol. The maximum absolute atomic E-state index is 12.9. The first-order chi connectivity index (χ1) is 14.0. The largest absolute Gasteiger partial charge is 0.379 e. The van der Waals surface area contributed by atoms with E-state index in [1.165, 1.54) is 0 Å². The zero-order valence-electron chi connectivity index (χ0n) is 17.4. The highest BCUT2D eigenvalue weighted by molar-refractivity contribution is 6.38. The van der Waals surface area contributed by atoms with Gasteiger partial charge in [0.25, 0.3) is 11.8 Å². The second kappa shape index (κ2) is 12.3. The number of unbranched alkanes of at least 4 members (excludes halogenated alkanes) is 1. The smallest absolute Gasteiger partial charge is 0.289 e. The molecule has 2 N–H and O–H groups in total. The summed E-state index contributed by atoms with van der Waals surface area (Å²) in [5, 5.41) is 5.46. The third kappa shape index (κ3) is 7.25. The molecule has 1 aliphatic heterocycles. The number of hydrogen-bond donors (Lipinski definition) is 2. The molecule has 160 valence electrons. The number of nitrogens with one attached hydrogen (secondary N) is 2. The lowest BCUT2D eigenvalue weighted by Crippen LogP contribution is -2.51. The van der Waals surface area contributed by atoms with Crippen molar-refractivity contribution in [2.75, 3.05) is 26.4 Å². The molecule has 0 bridgehead atoms. The Hall–Kier alpha value is -2.25. The Balaban J connectivity index is 2.21. The van der Waals surface area contributed by atoms with Crippen molar-refractivity contribution in [1.82, 2.24) is 10.6 Å². The molecule has 29 heavy (non-hydrogen) atoms. The van der Waals surface area contributed by atoms with E-state index in [1.807, 2.05) is 26.0 Å². The predicted molar refractivity (Wildman–Crippen MR) is 109 cm³/mol. The molecule has 0 spiro atoms. The number of Topliss-reactive ketones (excluding diaryl/α,β-unsaturated/α-hetero) is 1. The van der Waals surface area contributed by atoms with E-state index in [1.54, 1.807) is 12.1 Å². The fraction of sp³-hybridized carbons (Fsp3) is 0.591. The van der Waals surface area contributed by atoms with E-state index in [0.29, 0.717) is 38.3 Å². The summed E-state index contributed by atoms with van der Waals surface area (Å²) in [4.78, 5) is 38.1. The van der Waals surface area contributed by atoms with Crippen LogP contribution < -0.4 is 10.6 Å². The third-order valence-electron chi connectivity index (χ3n) is 5.02. The zero-order valence-corrected chi connectivity index (χ0v) is 17.4. The normalized spacial score (nSPS) is 21.4. The molecule has 7 heteroatoms. The third-order valence-corrected chi connectivity index (χ3v) is 5.02. The topological polar surface area (TPSA) is 93.7 Å². The fourth-order valence-corrected chi connectivity index (χ4v) is 3.24. The van der Waals surface area contributed by atoms with Crippen LogP contribution in [0.2, 0.25) is 0 Å². The van der Waals surface area contributed by atoms with Gasteiger partial charge in [-0.1, -0.05) is 38.5 Å². The van der Waals surface area contributed by atoms with E-state index < -0.39 is 17.7 Å². The molecular formula is C22H32N2O5. The van der Waals surface area contributed by atoms with Crippen LogP contribution in [0.15, 0.2) is 24.3 Å². The first-order valence-electron chi connectivity index (χ1n) is 10.4. The summed E-state index contributed by atoms with van der Waals surface area (Å²) >= 11 is 0. The summed E-state index contributed by atoms with van der Waals surface area (Å²) in [6, 6.07) is 6.23. The average Bonchev–Trinajstić information content (AvgIpc) is 2.72. The molecule has 0 radical (unpaired) electrons. The summed E-state index contributed by atoms with van der Waals surface area (Å²) in [7, 11) is 0. The minimum Gasteiger partial charge on any atom is -0.379 e. The van der Waals surface area contributed by atoms with Gasteiger partial charge in [-0.25, -0.2) is 0 Å². The van der Waals surface area contributed by atoms with E-state index in [9.17, 15) is 14.4 Å². The van der Waals surface area contributed by atoms with Crippen LogP contribution in [-0.4, -0.2) is 50.0 Å². The summed E-state index contributed by atoms with van der Waals surface area (Å²) in [5.41, 5.74) is 1.18. The van der Waals surface area contributed by atoms with Gasteiger partial charge in [-0.3, -0.25) is 14.4 Å². The Morgan fingerprint density at radius 3 is 2.72 bits per heavy atom. The second-order valence-corrected chi connectivity index (χ2v) is 7.37. The number of rotatable bonds is 5. The van der Waals surface area contributed by atoms with E-state index in [-0.39, 0.29) is 18.4 Å². The van der Waals surface area contributed by atoms with Crippen LogP contribution in [-0.2, 0) is 25.7 Å². The molecule has 1 aromatic rings. The highest BCUT2D eigenvalue weighted by Gasteiger charge is 2.32. The number of carbonyl (C=O) groups is 3. The molecule has 2 amide bonds. The molecule has 0 saturated carbocycles. The van der Waals surface area contributed by atoms with Crippen molar-refractivity contribution in [1.29, 1.82) is 0 Å². The Labute approximate surface area is 172 Å². The molecule has 7 nitrogen and oxygen atoms in total. The van der Waals surface area contributed by atoms with Crippen LogP contribution in [0.5, 0.6) is 0 Å². The lowest BCUT2D eigenvalue weighted by Gasteiger charge is -2.24. The van der Waals surface area contributed by atoms with Crippen molar-refractivity contribution in [3.8, 4) is 0 Å². The molecule has 2 atom stereocenters. The highest BCUT2D eigenvalue weighted by atomic mass is 16.5. The number of carbonyl (C=O) groups excluding carboxylic acids is 3. The number of hydrogen-bond acceptors (Lipinski definition) is 5.